The number of hydrogen-bond donors (Lipinski definition) is 2. The number of nitrogens with zero attached hydrogens (tertiary/aromatic N) is 2. The lowest BCUT2D eigenvalue weighted by atomic mass is 9.96. The monoisotopic (exact) mass is 222 g/mol. The van der Waals surface area contributed by atoms with Crippen LogP contribution in [0.2, 0.25) is 0 Å². The zero-order valence-electron chi connectivity index (χ0n) is 9.52. The first kappa shape index (κ1) is 11.3. The van der Waals surface area contributed by atoms with Gasteiger partial charge in [-0.3, -0.25) is 11.3 Å². The Labute approximate surface area is 95.4 Å². The van der Waals surface area contributed by atoms with Crippen LogP contribution in [0.15, 0.2) is 12.4 Å². The van der Waals surface area contributed by atoms with Crippen LogP contribution in [0.3, 0.4) is 0 Å². The topological polar surface area (TPSA) is 73.1 Å². The average Bonchev–Trinajstić information content (AvgIpc) is 2.84. The quantitative estimate of drug-likeness (QED) is 0.591. The lowest BCUT2D eigenvalue weighted by Crippen LogP contribution is -2.33. The lowest BCUT2D eigenvalue weighted by Gasteiger charge is -2.21. The summed E-state index contributed by atoms with van der Waals surface area (Å²) in [6, 6.07) is 1.96. The normalized spacial score (nSPS) is 18.6. The molecule has 3 N–H and O–H groups in total. The van der Waals surface area contributed by atoms with Crippen LogP contribution >= 0.6 is 0 Å². The van der Waals surface area contributed by atoms with Gasteiger partial charge in [0.1, 0.15) is 6.33 Å². The summed E-state index contributed by atoms with van der Waals surface area (Å²) in [5.41, 5.74) is 3.78. The Morgan fingerprint density at radius 2 is 2.19 bits per heavy atom. The molecule has 1 atom stereocenters. The molecule has 0 aromatic carbocycles. The molecular formula is C11H18N4O. The smallest absolute Gasteiger partial charge is 0.216 e. The van der Waals surface area contributed by atoms with E-state index in [0.717, 1.165) is 5.69 Å². The summed E-state index contributed by atoms with van der Waals surface area (Å²) in [6.45, 7) is 0. The number of nitrogens with two attached hydrogens (primary N) is 1. The molecule has 1 aromatic rings. The van der Waals surface area contributed by atoms with Crippen LogP contribution in [0, 0.1) is 5.92 Å². The number of nitrogens with one attached hydrogen (secondary N) is 1. The number of hydrogen-bond acceptors (Lipinski definition) is 5. The van der Waals surface area contributed by atoms with Crippen molar-refractivity contribution in [1.82, 2.24) is 15.4 Å². The van der Waals surface area contributed by atoms with Crippen molar-refractivity contribution in [2.45, 2.75) is 31.7 Å². The van der Waals surface area contributed by atoms with Gasteiger partial charge in [0.15, 0.2) is 0 Å². The maximum atomic E-state index is 5.62. The summed E-state index contributed by atoms with van der Waals surface area (Å²) in [5, 5.41) is 0. The van der Waals surface area contributed by atoms with E-state index in [4.69, 9.17) is 10.6 Å². The molecule has 0 saturated heterocycles. The second-order valence-corrected chi connectivity index (χ2v) is 4.17. The highest BCUT2D eigenvalue weighted by atomic mass is 16.5. The molecule has 0 spiro atoms. The molecule has 5 heteroatoms. The van der Waals surface area contributed by atoms with Crippen LogP contribution in [-0.4, -0.2) is 17.1 Å². The van der Waals surface area contributed by atoms with Gasteiger partial charge in [0, 0.05) is 6.07 Å². The molecule has 1 saturated carbocycles. The minimum absolute atomic E-state index is 0.111. The van der Waals surface area contributed by atoms with Gasteiger partial charge in [0.2, 0.25) is 5.88 Å². The standard InChI is InChI=1S/C11H18N4O/c1-16-10-6-9(13-7-14-10)11(15-12)8-4-2-3-5-8/h6-8,11,15H,2-5,12H2,1H3. The van der Waals surface area contributed by atoms with E-state index in [1.165, 1.54) is 32.0 Å². The van der Waals surface area contributed by atoms with E-state index in [1.54, 1.807) is 7.11 Å². The molecule has 1 aliphatic carbocycles. The number of hydrazine groups is 1. The third kappa shape index (κ3) is 2.31. The summed E-state index contributed by atoms with van der Waals surface area (Å²) in [7, 11) is 1.60. The fourth-order valence-electron chi connectivity index (χ4n) is 2.39. The predicted octanol–water partition coefficient (Wildman–Crippen LogP) is 1.18. The zero-order chi connectivity index (χ0) is 11.4. The predicted molar refractivity (Wildman–Crippen MR) is 60.6 cm³/mol. The molecule has 2 rings (SSSR count). The molecule has 1 aromatic heterocycles. The van der Waals surface area contributed by atoms with Crippen molar-refractivity contribution in [3.05, 3.63) is 18.1 Å². The number of rotatable bonds is 4. The summed E-state index contributed by atoms with van der Waals surface area (Å²) in [4.78, 5) is 8.27. The van der Waals surface area contributed by atoms with E-state index in [1.807, 2.05) is 6.07 Å². The largest absolute Gasteiger partial charge is 0.481 e. The molecule has 1 aliphatic rings. The highest BCUT2D eigenvalue weighted by Gasteiger charge is 2.26. The molecule has 1 heterocycles. The molecular weight excluding hydrogens is 204 g/mol. The van der Waals surface area contributed by atoms with E-state index in [2.05, 4.69) is 15.4 Å². The number of ether oxygens (including phenoxy) is 1. The summed E-state index contributed by atoms with van der Waals surface area (Å²) >= 11 is 0. The Morgan fingerprint density at radius 1 is 1.44 bits per heavy atom. The van der Waals surface area contributed by atoms with Crippen molar-refractivity contribution < 1.29 is 4.74 Å². The van der Waals surface area contributed by atoms with Crippen molar-refractivity contribution in [3.63, 3.8) is 0 Å². The van der Waals surface area contributed by atoms with E-state index in [9.17, 15) is 0 Å². The van der Waals surface area contributed by atoms with Gasteiger partial charge in [-0.05, 0) is 18.8 Å². The van der Waals surface area contributed by atoms with Gasteiger partial charge in [-0.2, -0.15) is 0 Å². The van der Waals surface area contributed by atoms with Gasteiger partial charge in [-0.15, -0.1) is 0 Å². The fourth-order valence-corrected chi connectivity index (χ4v) is 2.39. The first-order chi connectivity index (χ1) is 7.85. The van der Waals surface area contributed by atoms with Crippen molar-refractivity contribution in [2.24, 2.45) is 11.8 Å². The SMILES string of the molecule is COc1cc(C(NN)C2CCCC2)ncn1. The van der Waals surface area contributed by atoms with Crippen molar-refractivity contribution >= 4 is 0 Å². The zero-order valence-corrected chi connectivity index (χ0v) is 9.52. The molecule has 1 fully saturated rings. The highest BCUT2D eigenvalue weighted by Crippen LogP contribution is 2.34. The molecule has 0 radical (unpaired) electrons. The fraction of sp³-hybridized carbons (Fsp3) is 0.636. The summed E-state index contributed by atoms with van der Waals surface area (Å²) in [6.07, 6.45) is 6.51. The second kappa shape index (κ2) is 5.23. The van der Waals surface area contributed by atoms with Crippen molar-refractivity contribution in [1.29, 1.82) is 0 Å². The van der Waals surface area contributed by atoms with Crippen LogP contribution in [-0.2, 0) is 0 Å². The van der Waals surface area contributed by atoms with E-state index >= 15 is 0 Å². The van der Waals surface area contributed by atoms with E-state index in [0.29, 0.717) is 11.8 Å². The highest BCUT2D eigenvalue weighted by molar-refractivity contribution is 5.17. The molecule has 0 amide bonds. The molecule has 0 aliphatic heterocycles. The number of aromatic nitrogens is 2. The number of methoxy groups -OCH3 is 1. The molecule has 1 unspecified atom stereocenters. The van der Waals surface area contributed by atoms with Gasteiger partial charge < -0.3 is 4.74 Å². The van der Waals surface area contributed by atoms with Gasteiger partial charge in [0.25, 0.3) is 0 Å². The minimum atomic E-state index is 0.111. The van der Waals surface area contributed by atoms with E-state index in [-0.39, 0.29) is 6.04 Å². The van der Waals surface area contributed by atoms with Crippen molar-refractivity contribution in [3.8, 4) is 5.88 Å². The van der Waals surface area contributed by atoms with Gasteiger partial charge >= 0.3 is 0 Å². The average molecular weight is 222 g/mol. The van der Waals surface area contributed by atoms with Crippen LogP contribution in [0.4, 0.5) is 0 Å². The van der Waals surface area contributed by atoms with Gasteiger partial charge in [-0.25, -0.2) is 9.97 Å². The van der Waals surface area contributed by atoms with Gasteiger partial charge in [0.05, 0.1) is 18.8 Å². The Bertz CT molecular complexity index is 339. The third-order valence-corrected chi connectivity index (χ3v) is 3.24. The molecule has 0 bridgehead atoms. The van der Waals surface area contributed by atoms with Crippen LogP contribution in [0.25, 0.3) is 0 Å². The summed E-state index contributed by atoms with van der Waals surface area (Å²) in [5.74, 6) is 6.78. The first-order valence-electron chi connectivity index (χ1n) is 5.67. The maximum absolute atomic E-state index is 5.62. The Kier molecular flexibility index (Phi) is 3.69. The van der Waals surface area contributed by atoms with Crippen LogP contribution in [0.5, 0.6) is 5.88 Å². The van der Waals surface area contributed by atoms with E-state index < -0.39 is 0 Å². The Hall–Kier alpha value is -1.20. The van der Waals surface area contributed by atoms with Crippen molar-refractivity contribution in [2.75, 3.05) is 7.11 Å². The van der Waals surface area contributed by atoms with Crippen LogP contribution < -0.4 is 16.0 Å². The maximum Gasteiger partial charge on any atom is 0.216 e. The molecule has 88 valence electrons. The molecule has 16 heavy (non-hydrogen) atoms. The minimum Gasteiger partial charge on any atom is -0.481 e. The van der Waals surface area contributed by atoms with Crippen LogP contribution in [0.1, 0.15) is 37.4 Å². The summed E-state index contributed by atoms with van der Waals surface area (Å²) < 4.78 is 5.09. The Balaban J connectivity index is 2.18. The Morgan fingerprint density at radius 3 is 2.81 bits per heavy atom. The second-order valence-electron chi connectivity index (χ2n) is 4.17. The lowest BCUT2D eigenvalue weighted by molar-refractivity contribution is 0.358. The van der Waals surface area contributed by atoms with Gasteiger partial charge in [-0.1, -0.05) is 12.8 Å². The third-order valence-electron chi connectivity index (χ3n) is 3.24. The first-order valence-corrected chi connectivity index (χ1v) is 5.67. The molecule has 5 nitrogen and oxygen atoms in total.